The van der Waals surface area contributed by atoms with Crippen LogP contribution in [-0.4, -0.2) is 66.1 Å². The van der Waals surface area contributed by atoms with E-state index in [0.29, 0.717) is 0 Å². The Bertz CT molecular complexity index is 794. The van der Waals surface area contributed by atoms with Gasteiger partial charge < -0.3 is 4.74 Å². The molecule has 0 aromatic heterocycles. The van der Waals surface area contributed by atoms with Gasteiger partial charge in [-0.15, -0.1) is 0 Å². The van der Waals surface area contributed by atoms with E-state index in [9.17, 15) is 88.2 Å². The molecule has 0 spiro atoms. The highest BCUT2D eigenvalue weighted by molar-refractivity contribution is 5.81. The van der Waals surface area contributed by atoms with E-state index in [1.165, 1.54) is 0 Å². The Morgan fingerprint density at radius 3 is 1.11 bits per heavy atom. The maximum Gasteiger partial charge on any atom is 0.460 e. The first kappa shape index (κ1) is 32.9. The molecule has 0 saturated heterocycles. The van der Waals surface area contributed by atoms with Crippen molar-refractivity contribution in [2.75, 3.05) is 6.61 Å². The third-order valence-electron chi connectivity index (χ3n) is 4.01. The van der Waals surface area contributed by atoms with Crippen molar-refractivity contribution in [3.8, 4) is 0 Å². The smallest absolute Gasteiger partial charge is 0.460 e. The summed E-state index contributed by atoms with van der Waals surface area (Å²) >= 11 is 0. The topological polar surface area (TPSA) is 26.3 Å². The lowest BCUT2D eigenvalue weighted by molar-refractivity contribution is -0.468. The second kappa shape index (κ2) is 8.77. The van der Waals surface area contributed by atoms with Gasteiger partial charge in [-0.1, -0.05) is 6.58 Å². The van der Waals surface area contributed by atoms with Crippen LogP contribution in [0.25, 0.3) is 0 Å². The second-order valence-electron chi connectivity index (χ2n) is 6.34. The monoisotopic (exact) mass is 568 g/mol. The zero-order valence-electron chi connectivity index (χ0n) is 15.7. The highest BCUT2D eigenvalue weighted by Crippen LogP contribution is 2.65. The van der Waals surface area contributed by atoms with Crippen LogP contribution >= 0.6 is 0 Å². The summed E-state index contributed by atoms with van der Waals surface area (Å²) in [6.07, 6.45) is -10.7. The highest BCUT2D eigenvalue weighted by atomic mass is 19.4. The van der Waals surface area contributed by atoms with Gasteiger partial charge in [-0.2, -0.15) is 83.4 Å². The Hall–Kier alpha value is -2.12. The van der Waals surface area contributed by atoms with E-state index in [1.807, 2.05) is 0 Å². The van der Waals surface area contributed by atoms with E-state index in [0.717, 1.165) is 0 Å². The molecule has 0 aliphatic carbocycles. The normalized spacial score (nSPS) is 15.7. The molecule has 208 valence electrons. The lowest BCUT2D eigenvalue weighted by atomic mass is 9.87. The van der Waals surface area contributed by atoms with E-state index in [4.69, 9.17) is 0 Å². The van der Waals surface area contributed by atoms with Gasteiger partial charge in [-0.25, -0.2) is 4.79 Å². The van der Waals surface area contributed by atoms with Crippen molar-refractivity contribution in [2.24, 2.45) is 0 Å². The predicted octanol–water partition coefficient (Wildman–Crippen LogP) is 6.75. The van der Waals surface area contributed by atoms with Crippen LogP contribution in [0.15, 0.2) is 12.7 Å². The van der Waals surface area contributed by atoms with Crippen molar-refractivity contribution in [1.82, 2.24) is 0 Å². The van der Waals surface area contributed by atoms with Crippen molar-refractivity contribution in [3.05, 3.63) is 12.7 Å². The molecule has 0 N–H and O–H groups in total. The SMILES string of the molecule is C=CC(=O)OCCC(F)(F)C(F)(F)C(F)(F)C(F)(F)C(F)(F)C(F)(F)C(F)(F)C(F)(F)C(F)(F)F. The Morgan fingerprint density at radius 2 is 0.829 bits per heavy atom. The number of alkyl halides is 19. The number of hydrogen-bond donors (Lipinski definition) is 0. The fourth-order valence-corrected chi connectivity index (χ4v) is 1.89. The van der Waals surface area contributed by atoms with Crippen molar-refractivity contribution in [2.45, 2.75) is 60.0 Å². The summed E-state index contributed by atoms with van der Waals surface area (Å²) in [5.74, 6) is -68.7. The molecule has 0 rings (SSSR count). The van der Waals surface area contributed by atoms with Crippen LogP contribution < -0.4 is 0 Å². The first-order valence-corrected chi connectivity index (χ1v) is 7.84. The minimum Gasteiger partial charge on any atom is -0.462 e. The largest absolute Gasteiger partial charge is 0.462 e. The quantitative estimate of drug-likeness (QED) is 0.157. The van der Waals surface area contributed by atoms with E-state index in [2.05, 4.69) is 11.3 Å². The first-order chi connectivity index (χ1) is 15.0. The van der Waals surface area contributed by atoms with Crippen molar-refractivity contribution in [1.29, 1.82) is 0 Å². The zero-order chi connectivity index (χ0) is 28.9. The average molecular weight is 568 g/mol. The van der Waals surface area contributed by atoms with Gasteiger partial charge in [0.05, 0.1) is 13.0 Å². The fourth-order valence-electron chi connectivity index (χ4n) is 1.89. The molecule has 0 atom stereocenters. The molecule has 0 saturated carbocycles. The molecule has 0 unspecified atom stereocenters. The molecule has 0 bridgehead atoms. The number of carbonyl (C=O) groups is 1. The summed E-state index contributed by atoms with van der Waals surface area (Å²) in [5.41, 5.74) is 0. The zero-order valence-corrected chi connectivity index (χ0v) is 15.7. The van der Waals surface area contributed by atoms with Crippen LogP contribution in [0.1, 0.15) is 6.42 Å². The molecule has 0 aliphatic heterocycles. The molecule has 21 heteroatoms. The van der Waals surface area contributed by atoms with Gasteiger partial charge in [0.25, 0.3) is 0 Å². The average Bonchev–Trinajstić information content (AvgIpc) is 2.65. The summed E-state index contributed by atoms with van der Waals surface area (Å²) in [7, 11) is 0. The molecule has 2 nitrogen and oxygen atoms in total. The Kier molecular flexibility index (Phi) is 8.24. The molecule has 0 aliphatic rings. The molecular formula is C14H7F19O2. The number of carbonyl (C=O) groups excluding carboxylic acids is 1. The van der Waals surface area contributed by atoms with Gasteiger partial charge >= 0.3 is 59.5 Å². The minimum absolute atomic E-state index is 0.151. The number of esters is 1. The van der Waals surface area contributed by atoms with E-state index in [-0.39, 0.29) is 6.08 Å². The summed E-state index contributed by atoms with van der Waals surface area (Å²) in [6, 6.07) is 0. The van der Waals surface area contributed by atoms with E-state index < -0.39 is 72.6 Å². The summed E-state index contributed by atoms with van der Waals surface area (Å²) < 4.78 is 252. The Balaban J connectivity index is 6.63. The number of halogens is 19. The van der Waals surface area contributed by atoms with Crippen LogP contribution in [0.5, 0.6) is 0 Å². The lowest BCUT2D eigenvalue weighted by Gasteiger charge is -2.43. The van der Waals surface area contributed by atoms with Gasteiger partial charge in [-0.05, 0) is 0 Å². The Morgan fingerprint density at radius 1 is 0.543 bits per heavy atom. The molecule has 0 amide bonds. The molecule has 0 heterocycles. The summed E-state index contributed by atoms with van der Waals surface area (Å²) in [4.78, 5) is 10.6. The minimum atomic E-state index is -8.96. The van der Waals surface area contributed by atoms with Gasteiger partial charge in [0.1, 0.15) is 0 Å². The number of ether oxygens (including phenoxy) is 1. The molecule has 0 aromatic rings. The maximum atomic E-state index is 13.5. The van der Waals surface area contributed by atoms with Gasteiger partial charge in [0, 0.05) is 6.08 Å². The Labute approximate surface area is 179 Å². The van der Waals surface area contributed by atoms with E-state index in [1.54, 1.807) is 0 Å². The van der Waals surface area contributed by atoms with Crippen molar-refractivity contribution >= 4 is 5.97 Å². The molecule has 35 heavy (non-hydrogen) atoms. The lowest BCUT2D eigenvalue weighted by Crippen LogP contribution is -2.75. The van der Waals surface area contributed by atoms with Gasteiger partial charge in [0.2, 0.25) is 0 Å². The predicted molar refractivity (Wildman–Crippen MR) is 71.4 cm³/mol. The van der Waals surface area contributed by atoms with Crippen LogP contribution in [0.2, 0.25) is 0 Å². The van der Waals surface area contributed by atoms with Crippen LogP contribution in [-0.2, 0) is 9.53 Å². The second-order valence-corrected chi connectivity index (χ2v) is 6.34. The molecule has 0 radical (unpaired) electrons. The van der Waals surface area contributed by atoms with Crippen LogP contribution in [0.3, 0.4) is 0 Å². The summed E-state index contributed by atoms with van der Waals surface area (Å²) in [6.45, 7) is 0.557. The van der Waals surface area contributed by atoms with E-state index >= 15 is 0 Å². The third kappa shape index (κ3) is 4.57. The standard InChI is InChI=1S/C14H7F19O2/c1-2-5(34)35-4-3-6(15,16)7(17,18)8(19,20)9(21,22)10(23,24)11(25,26)12(27,28)13(29,30)14(31,32)33/h2H,1,3-4H2. The number of hydrogen-bond acceptors (Lipinski definition) is 2. The molecule has 0 aromatic carbocycles. The van der Waals surface area contributed by atoms with Crippen molar-refractivity contribution in [3.63, 3.8) is 0 Å². The van der Waals surface area contributed by atoms with Gasteiger partial charge in [0.15, 0.2) is 0 Å². The highest BCUT2D eigenvalue weighted by Gasteiger charge is 2.96. The number of rotatable bonds is 11. The fraction of sp³-hybridized carbons (Fsp3) is 0.786. The molecular weight excluding hydrogens is 561 g/mol. The van der Waals surface area contributed by atoms with Crippen LogP contribution in [0.4, 0.5) is 83.4 Å². The maximum absolute atomic E-state index is 13.5. The van der Waals surface area contributed by atoms with Crippen LogP contribution in [0, 0.1) is 0 Å². The summed E-state index contributed by atoms with van der Waals surface area (Å²) in [5, 5.41) is 0. The van der Waals surface area contributed by atoms with Crippen molar-refractivity contribution < 1.29 is 92.9 Å². The molecule has 0 fully saturated rings. The first-order valence-electron chi connectivity index (χ1n) is 7.84. The van der Waals surface area contributed by atoms with Gasteiger partial charge in [-0.3, -0.25) is 0 Å². The third-order valence-corrected chi connectivity index (χ3v) is 4.01.